The van der Waals surface area contributed by atoms with Gasteiger partial charge in [0.1, 0.15) is 0 Å². The number of hydrogen-bond acceptors (Lipinski definition) is 2. The Kier molecular flexibility index (Phi) is 4.86. The summed E-state index contributed by atoms with van der Waals surface area (Å²) in [5.74, 6) is -1.57. The van der Waals surface area contributed by atoms with Gasteiger partial charge in [0.15, 0.2) is 0 Å². The topological polar surface area (TPSA) is 57.6 Å². The molecular formula is C19H18ClNO3. The molecule has 1 N–H and O–H groups in total. The number of halogens is 1. The van der Waals surface area contributed by atoms with Crippen LogP contribution in [0.5, 0.6) is 0 Å². The molecule has 0 spiro atoms. The Hall–Kier alpha value is -2.33. The quantitative estimate of drug-likeness (QED) is 0.924. The van der Waals surface area contributed by atoms with E-state index in [1.54, 1.807) is 17.0 Å². The van der Waals surface area contributed by atoms with E-state index in [0.717, 1.165) is 16.7 Å². The molecule has 0 saturated carbocycles. The zero-order chi connectivity index (χ0) is 17.1. The van der Waals surface area contributed by atoms with Crippen LogP contribution in [0.1, 0.15) is 29.0 Å². The highest BCUT2D eigenvalue weighted by molar-refractivity contribution is 6.30. The molecule has 0 aliphatic carbocycles. The minimum Gasteiger partial charge on any atom is -0.481 e. The molecule has 124 valence electrons. The zero-order valence-corrected chi connectivity index (χ0v) is 13.9. The standard InChI is InChI=1S/C19H18ClNO3/c20-15-8-5-13(6-9-15)7-10-18(22)21-11-14-3-1-2-4-16(14)17(12-21)19(23)24/h1-6,8-9,17H,7,10-12H2,(H,23,24). The van der Waals surface area contributed by atoms with Crippen LogP contribution in [0.25, 0.3) is 0 Å². The molecule has 0 fully saturated rings. The molecule has 2 aromatic carbocycles. The Morgan fingerprint density at radius 2 is 1.83 bits per heavy atom. The zero-order valence-electron chi connectivity index (χ0n) is 13.1. The minimum atomic E-state index is -0.891. The maximum absolute atomic E-state index is 12.5. The van der Waals surface area contributed by atoms with E-state index in [2.05, 4.69) is 0 Å². The summed E-state index contributed by atoms with van der Waals surface area (Å²) in [5.41, 5.74) is 2.77. The number of amides is 1. The number of benzene rings is 2. The Morgan fingerprint density at radius 1 is 1.12 bits per heavy atom. The van der Waals surface area contributed by atoms with E-state index in [0.29, 0.717) is 24.4 Å². The SMILES string of the molecule is O=C(O)C1CN(C(=O)CCc2ccc(Cl)cc2)Cc2ccccc21. The Bertz CT molecular complexity index is 757. The molecule has 2 aromatic rings. The first-order valence-electron chi connectivity index (χ1n) is 7.87. The second-order valence-corrected chi connectivity index (χ2v) is 6.43. The molecule has 1 unspecified atom stereocenters. The second kappa shape index (κ2) is 7.05. The van der Waals surface area contributed by atoms with Crippen LogP contribution in [-0.4, -0.2) is 28.4 Å². The van der Waals surface area contributed by atoms with E-state index in [9.17, 15) is 14.7 Å². The Balaban J connectivity index is 1.69. The van der Waals surface area contributed by atoms with Crippen LogP contribution in [0, 0.1) is 0 Å². The number of carbonyl (C=O) groups is 2. The van der Waals surface area contributed by atoms with E-state index >= 15 is 0 Å². The van der Waals surface area contributed by atoms with Crippen molar-refractivity contribution in [3.05, 3.63) is 70.2 Å². The fraction of sp³-hybridized carbons (Fsp3) is 0.263. The summed E-state index contributed by atoms with van der Waals surface area (Å²) in [6.07, 6.45) is 0.974. The van der Waals surface area contributed by atoms with Crippen LogP contribution in [0.2, 0.25) is 5.02 Å². The first-order valence-corrected chi connectivity index (χ1v) is 8.25. The summed E-state index contributed by atoms with van der Waals surface area (Å²) in [6.45, 7) is 0.700. The van der Waals surface area contributed by atoms with Crippen molar-refractivity contribution < 1.29 is 14.7 Å². The van der Waals surface area contributed by atoms with Crippen LogP contribution >= 0.6 is 11.6 Å². The van der Waals surface area contributed by atoms with Gasteiger partial charge in [0, 0.05) is 24.5 Å². The van der Waals surface area contributed by atoms with Gasteiger partial charge in [-0.1, -0.05) is 48.0 Å². The first kappa shape index (κ1) is 16.5. The lowest BCUT2D eigenvalue weighted by atomic mass is 9.89. The van der Waals surface area contributed by atoms with Crippen LogP contribution in [0.15, 0.2) is 48.5 Å². The fourth-order valence-corrected chi connectivity index (χ4v) is 3.19. The van der Waals surface area contributed by atoms with E-state index in [1.165, 1.54) is 0 Å². The molecule has 0 aromatic heterocycles. The molecule has 1 amide bonds. The van der Waals surface area contributed by atoms with Gasteiger partial charge in [0.2, 0.25) is 5.91 Å². The molecule has 3 rings (SSSR count). The average molecular weight is 344 g/mol. The summed E-state index contributed by atoms with van der Waals surface area (Å²) >= 11 is 5.86. The normalized spacial score (nSPS) is 16.5. The van der Waals surface area contributed by atoms with E-state index in [1.807, 2.05) is 36.4 Å². The van der Waals surface area contributed by atoms with Crippen molar-refractivity contribution in [2.75, 3.05) is 6.54 Å². The van der Waals surface area contributed by atoms with Crippen LogP contribution < -0.4 is 0 Å². The molecule has 0 bridgehead atoms. The van der Waals surface area contributed by atoms with Gasteiger partial charge in [-0.25, -0.2) is 0 Å². The predicted molar refractivity (Wildman–Crippen MR) is 92.0 cm³/mol. The van der Waals surface area contributed by atoms with E-state index in [4.69, 9.17) is 11.6 Å². The lowest BCUT2D eigenvalue weighted by molar-refractivity contribution is -0.141. The third-order valence-electron chi connectivity index (χ3n) is 4.39. The molecule has 0 saturated heterocycles. The highest BCUT2D eigenvalue weighted by atomic mass is 35.5. The summed E-state index contributed by atoms with van der Waals surface area (Å²) in [5, 5.41) is 10.1. The summed E-state index contributed by atoms with van der Waals surface area (Å²) < 4.78 is 0. The van der Waals surface area contributed by atoms with E-state index < -0.39 is 11.9 Å². The molecule has 5 heteroatoms. The van der Waals surface area contributed by atoms with Crippen molar-refractivity contribution in [3.63, 3.8) is 0 Å². The number of carboxylic acids is 1. The molecular weight excluding hydrogens is 326 g/mol. The Labute approximate surface area is 145 Å². The number of nitrogens with zero attached hydrogens (tertiary/aromatic N) is 1. The van der Waals surface area contributed by atoms with Gasteiger partial charge in [0.05, 0.1) is 5.92 Å². The largest absolute Gasteiger partial charge is 0.481 e. The molecule has 1 heterocycles. The van der Waals surface area contributed by atoms with Crippen molar-refractivity contribution in [2.45, 2.75) is 25.3 Å². The van der Waals surface area contributed by atoms with Crippen molar-refractivity contribution in [1.29, 1.82) is 0 Å². The predicted octanol–water partition coefficient (Wildman–Crippen LogP) is 3.48. The first-order chi connectivity index (χ1) is 11.5. The third kappa shape index (κ3) is 3.60. The third-order valence-corrected chi connectivity index (χ3v) is 4.64. The molecule has 1 aliphatic heterocycles. The maximum Gasteiger partial charge on any atom is 0.312 e. The van der Waals surface area contributed by atoms with Crippen molar-refractivity contribution in [1.82, 2.24) is 4.90 Å². The lowest BCUT2D eigenvalue weighted by Crippen LogP contribution is -2.40. The minimum absolute atomic E-state index is 0.0225. The van der Waals surface area contributed by atoms with Gasteiger partial charge in [-0.3, -0.25) is 9.59 Å². The smallest absolute Gasteiger partial charge is 0.312 e. The average Bonchev–Trinajstić information content (AvgIpc) is 2.59. The van der Waals surface area contributed by atoms with Gasteiger partial charge in [-0.15, -0.1) is 0 Å². The monoisotopic (exact) mass is 343 g/mol. The van der Waals surface area contributed by atoms with Gasteiger partial charge in [0.25, 0.3) is 0 Å². The number of fused-ring (bicyclic) bond motifs is 1. The summed E-state index contributed by atoms with van der Waals surface area (Å²) in [7, 11) is 0. The summed E-state index contributed by atoms with van der Waals surface area (Å²) in [4.78, 5) is 25.7. The number of carbonyl (C=O) groups excluding carboxylic acids is 1. The second-order valence-electron chi connectivity index (χ2n) is 5.99. The molecule has 1 aliphatic rings. The van der Waals surface area contributed by atoms with Gasteiger partial charge >= 0.3 is 5.97 Å². The highest BCUT2D eigenvalue weighted by Crippen LogP contribution is 2.29. The summed E-state index contributed by atoms with van der Waals surface area (Å²) in [6, 6.07) is 14.9. The van der Waals surface area contributed by atoms with Gasteiger partial charge in [-0.05, 0) is 35.2 Å². The van der Waals surface area contributed by atoms with Crippen molar-refractivity contribution >= 4 is 23.5 Å². The number of hydrogen-bond donors (Lipinski definition) is 1. The number of carboxylic acid groups (broad SMARTS) is 1. The van der Waals surface area contributed by atoms with Crippen LogP contribution in [0.3, 0.4) is 0 Å². The molecule has 24 heavy (non-hydrogen) atoms. The molecule has 0 radical (unpaired) electrons. The van der Waals surface area contributed by atoms with Crippen LogP contribution in [0.4, 0.5) is 0 Å². The van der Waals surface area contributed by atoms with Crippen LogP contribution in [-0.2, 0) is 22.6 Å². The van der Waals surface area contributed by atoms with Gasteiger partial charge in [-0.2, -0.15) is 0 Å². The van der Waals surface area contributed by atoms with E-state index in [-0.39, 0.29) is 12.5 Å². The van der Waals surface area contributed by atoms with Crippen molar-refractivity contribution in [2.24, 2.45) is 0 Å². The van der Waals surface area contributed by atoms with Gasteiger partial charge < -0.3 is 10.0 Å². The molecule has 1 atom stereocenters. The maximum atomic E-state index is 12.5. The number of aryl methyl sites for hydroxylation is 1. The lowest BCUT2D eigenvalue weighted by Gasteiger charge is -2.33. The Morgan fingerprint density at radius 3 is 2.54 bits per heavy atom. The van der Waals surface area contributed by atoms with Crippen molar-refractivity contribution in [3.8, 4) is 0 Å². The highest BCUT2D eigenvalue weighted by Gasteiger charge is 2.32. The number of rotatable bonds is 4. The fourth-order valence-electron chi connectivity index (χ4n) is 3.07. The molecule has 4 nitrogen and oxygen atoms in total. The number of aliphatic carboxylic acids is 1.